The zero-order valence-corrected chi connectivity index (χ0v) is 14.7. The van der Waals surface area contributed by atoms with E-state index >= 15 is 0 Å². The lowest BCUT2D eigenvalue weighted by Gasteiger charge is -2.32. The second-order valence-electron chi connectivity index (χ2n) is 6.58. The van der Waals surface area contributed by atoms with Crippen molar-refractivity contribution in [2.75, 3.05) is 36.5 Å². The molecule has 5 heteroatoms. The summed E-state index contributed by atoms with van der Waals surface area (Å²) in [6.45, 7) is 5.76. The maximum Gasteiger partial charge on any atom is 0.171 e. The van der Waals surface area contributed by atoms with Crippen molar-refractivity contribution in [2.24, 2.45) is 5.92 Å². The van der Waals surface area contributed by atoms with Crippen LogP contribution in [0.4, 0.5) is 11.4 Å². The van der Waals surface area contributed by atoms with Gasteiger partial charge in [0.2, 0.25) is 0 Å². The van der Waals surface area contributed by atoms with Gasteiger partial charge < -0.3 is 20.3 Å². The summed E-state index contributed by atoms with van der Waals surface area (Å²) in [5.74, 6) is 0.693. The van der Waals surface area contributed by atoms with Gasteiger partial charge in [-0.05, 0) is 43.1 Å². The molecule has 23 heavy (non-hydrogen) atoms. The molecular formula is C18H27N3OS. The molecule has 0 bridgehead atoms. The summed E-state index contributed by atoms with van der Waals surface area (Å²) in [5, 5.41) is 7.68. The highest BCUT2D eigenvalue weighted by Crippen LogP contribution is 2.27. The van der Waals surface area contributed by atoms with Crippen molar-refractivity contribution in [1.82, 2.24) is 5.32 Å². The lowest BCUT2D eigenvalue weighted by Crippen LogP contribution is -2.43. The number of morpholine rings is 1. The molecule has 0 spiro atoms. The maximum absolute atomic E-state index is 5.57. The summed E-state index contributed by atoms with van der Waals surface area (Å²) < 4.78 is 5.45. The smallest absolute Gasteiger partial charge is 0.171 e. The van der Waals surface area contributed by atoms with Crippen molar-refractivity contribution in [2.45, 2.75) is 38.6 Å². The van der Waals surface area contributed by atoms with Gasteiger partial charge in [-0.1, -0.05) is 31.9 Å². The molecule has 1 saturated carbocycles. The maximum atomic E-state index is 5.57. The highest BCUT2D eigenvalue weighted by atomic mass is 32.1. The van der Waals surface area contributed by atoms with Gasteiger partial charge in [-0.3, -0.25) is 0 Å². The fourth-order valence-corrected chi connectivity index (χ4v) is 3.78. The number of ether oxygens (including phenoxy) is 1. The minimum Gasteiger partial charge on any atom is -0.378 e. The molecular weight excluding hydrogens is 306 g/mol. The number of nitrogens with zero attached hydrogens (tertiary/aromatic N) is 1. The molecule has 2 atom stereocenters. The van der Waals surface area contributed by atoms with Gasteiger partial charge in [0.15, 0.2) is 5.11 Å². The Labute approximate surface area is 144 Å². The van der Waals surface area contributed by atoms with E-state index in [4.69, 9.17) is 17.0 Å². The topological polar surface area (TPSA) is 36.5 Å². The standard InChI is InChI=1S/C18H27N3OS/c1-14-6-2-3-7-15(14)19-18(23)20-16-8-4-5-9-17(16)21-10-12-22-13-11-21/h4-5,8-9,14-15H,2-3,6-7,10-13H2,1H3,(H2,19,20,23)/t14-,15+/m1/s1. The van der Waals surface area contributed by atoms with Crippen molar-refractivity contribution < 1.29 is 4.74 Å². The largest absolute Gasteiger partial charge is 0.378 e. The van der Waals surface area contributed by atoms with E-state index in [2.05, 4.69) is 46.7 Å². The summed E-state index contributed by atoms with van der Waals surface area (Å²) in [7, 11) is 0. The molecule has 0 aromatic heterocycles. The van der Waals surface area contributed by atoms with E-state index < -0.39 is 0 Å². The molecule has 1 saturated heterocycles. The number of nitrogens with one attached hydrogen (secondary N) is 2. The van der Waals surface area contributed by atoms with Crippen LogP contribution >= 0.6 is 12.2 Å². The van der Waals surface area contributed by atoms with Crippen LogP contribution in [0.2, 0.25) is 0 Å². The van der Waals surface area contributed by atoms with Crippen molar-refractivity contribution in [3.05, 3.63) is 24.3 Å². The minimum absolute atomic E-state index is 0.499. The fourth-order valence-electron chi connectivity index (χ4n) is 3.52. The third-order valence-corrected chi connectivity index (χ3v) is 5.15. The number of hydrogen-bond donors (Lipinski definition) is 2. The van der Waals surface area contributed by atoms with Crippen LogP contribution in [0, 0.1) is 5.92 Å². The Bertz CT molecular complexity index is 531. The fraction of sp³-hybridized carbons (Fsp3) is 0.611. The first-order valence-corrected chi connectivity index (χ1v) is 9.14. The zero-order valence-electron chi connectivity index (χ0n) is 13.9. The summed E-state index contributed by atoms with van der Waals surface area (Å²) in [4.78, 5) is 2.36. The lowest BCUT2D eigenvalue weighted by molar-refractivity contribution is 0.123. The van der Waals surface area contributed by atoms with Gasteiger partial charge in [-0.2, -0.15) is 0 Å². The molecule has 0 amide bonds. The van der Waals surface area contributed by atoms with Crippen LogP contribution < -0.4 is 15.5 Å². The van der Waals surface area contributed by atoms with Crippen LogP contribution in [0.5, 0.6) is 0 Å². The molecule has 0 unspecified atom stereocenters. The lowest BCUT2D eigenvalue weighted by atomic mass is 9.86. The summed E-state index contributed by atoms with van der Waals surface area (Å²) in [5.41, 5.74) is 2.28. The number of thiocarbonyl (C=S) groups is 1. The minimum atomic E-state index is 0.499. The molecule has 0 radical (unpaired) electrons. The van der Waals surface area contributed by atoms with Gasteiger partial charge in [0.05, 0.1) is 24.6 Å². The summed E-state index contributed by atoms with van der Waals surface area (Å²) >= 11 is 5.57. The molecule has 1 aliphatic heterocycles. The first-order chi connectivity index (χ1) is 11.2. The second-order valence-corrected chi connectivity index (χ2v) is 6.99. The molecule has 3 rings (SSSR count). The highest BCUT2D eigenvalue weighted by Gasteiger charge is 2.22. The van der Waals surface area contributed by atoms with Gasteiger partial charge in [-0.15, -0.1) is 0 Å². The number of para-hydroxylation sites is 2. The average Bonchev–Trinajstić information content (AvgIpc) is 2.58. The quantitative estimate of drug-likeness (QED) is 0.829. The first-order valence-electron chi connectivity index (χ1n) is 8.73. The van der Waals surface area contributed by atoms with Gasteiger partial charge in [0.25, 0.3) is 0 Å². The van der Waals surface area contributed by atoms with Crippen molar-refractivity contribution >= 4 is 28.7 Å². The van der Waals surface area contributed by atoms with Crippen LogP contribution in [-0.2, 0) is 4.74 Å². The van der Waals surface area contributed by atoms with E-state index in [1.807, 2.05) is 0 Å². The monoisotopic (exact) mass is 333 g/mol. The van der Waals surface area contributed by atoms with Crippen LogP contribution in [-0.4, -0.2) is 37.5 Å². The number of anilines is 2. The molecule has 2 N–H and O–H groups in total. The Kier molecular flexibility index (Phi) is 5.73. The number of benzene rings is 1. The Balaban J connectivity index is 1.63. The first kappa shape index (κ1) is 16.5. The Morgan fingerprint density at radius 2 is 1.91 bits per heavy atom. The zero-order chi connectivity index (χ0) is 16.1. The van der Waals surface area contributed by atoms with Crippen LogP contribution in [0.1, 0.15) is 32.6 Å². The predicted octanol–water partition coefficient (Wildman–Crippen LogP) is 3.39. The van der Waals surface area contributed by atoms with E-state index in [1.165, 1.54) is 31.4 Å². The molecule has 1 aromatic carbocycles. The average molecular weight is 334 g/mol. The summed E-state index contributed by atoms with van der Waals surface area (Å²) in [6, 6.07) is 8.88. The third-order valence-electron chi connectivity index (χ3n) is 4.93. The molecule has 2 aliphatic rings. The van der Waals surface area contributed by atoms with E-state index in [0.29, 0.717) is 12.0 Å². The third kappa shape index (κ3) is 4.36. The van der Waals surface area contributed by atoms with Crippen molar-refractivity contribution in [3.8, 4) is 0 Å². The molecule has 1 heterocycles. The Hall–Kier alpha value is -1.33. The number of rotatable bonds is 3. The predicted molar refractivity (Wildman–Crippen MR) is 100 cm³/mol. The van der Waals surface area contributed by atoms with Gasteiger partial charge >= 0.3 is 0 Å². The van der Waals surface area contributed by atoms with E-state index in [-0.39, 0.29) is 0 Å². The van der Waals surface area contributed by atoms with Gasteiger partial charge in [0, 0.05) is 19.1 Å². The number of hydrogen-bond acceptors (Lipinski definition) is 3. The van der Waals surface area contributed by atoms with E-state index in [9.17, 15) is 0 Å². The molecule has 1 aliphatic carbocycles. The SMILES string of the molecule is C[C@@H]1CCCC[C@@H]1NC(=S)Nc1ccccc1N1CCOCC1. The van der Waals surface area contributed by atoms with E-state index in [1.54, 1.807) is 0 Å². The van der Waals surface area contributed by atoms with Crippen molar-refractivity contribution in [1.29, 1.82) is 0 Å². The molecule has 2 fully saturated rings. The Morgan fingerprint density at radius 1 is 1.17 bits per heavy atom. The van der Waals surface area contributed by atoms with E-state index in [0.717, 1.165) is 37.1 Å². The molecule has 1 aromatic rings. The second kappa shape index (κ2) is 7.97. The van der Waals surface area contributed by atoms with Crippen LogP contribution in [0.15, 0.2) is 24.3 Å². The molecule has 126 valence electrons. The molecule has 4 nitrogen and oxygen atoms in total. The van der Waals surface area contributed by atoms with Gasteiger partial charge in [-0.25, -0.2) is 0 Å². The Morgan fingerprint density at radius 3 is 2.70 bits per heavy atom. The normalized spacial score (nSPS) is 25.0. The van der Waals surface area contributed by atoms with Crippen LogP contribution in [0.3, 0.4) is 0 Å². The van der Waals surface area contributed by atoms with Crippen LogP contribution in [0.25, 0.3) is 0 Å². The van der Waals surface area contributed by atoms with Gasteiger partial charge in [0.1, 0.15) is 0 Å². The van der Waals surface area contributed by atoms with Crippen molar-refractivity contribution in [3.63, 3.8) is 0 Å². The summed E-state index contributed by atoms with van der Waals surface area (Å²) in [6.07, 6.45) is 5.16. The highest BCUT2D eigenvalue weighted by molar-refractivity contribution is 7.80.